The van der Waals surface area contributed by atoms with Crippen molar-refractivity contribution >= 4 is 45.8 Å². The molecule has 2 aromatic heterocycles. The van der Waals surface area contributed by atoms with Gasteiger partial charge in [0.25, 0.3) is 17.5 Å². The van der Waals surface area contributed by atoms with Crippen LogP contribution in [-0.4, -0.2) is 21.8 Å². The number of para-hydroxylation sites is 2. The molecule has 5 rings (SSSR count). The van der Waals surface area contributed by atoms with E-state index in [9.17, 15) is 14.9 Å². The molecule has 0 aliphatic carbocycles. The molecule has 0 fully saturated rings. The normalized spacial score (nSPS) is 11.7. The number of fused-ring (bicyclic) bond motifs is 2. The highest BCUT2D eigenvalue weighted by molar-refractivity contribution is 6.04. The summed E-state index contributed by atoms with van der Waals surface area (Å²) in [6, 6.07) is 24.7. The number of nitriles is 1. The quantitative estimate of drug-likeness (QED) is 0.123. The van der Waals surface area contributed by atoms with Crippen molar-refractivity contribution in [3.05, 3.63) is 130 Å². The minimum Gasteiger partial charge on any atom is -0.361 e. The minimum atomic E-state index is -0.476. The molecular formula is C32H24N6O2. The summed E-state index contributed by atoms with van der Waals surface area (Å²) < 4.78 is 0. The van der Waals surface area contributed by atoms with Crippen LogP contribution in [-0.2, 0) is 22.7 Å². The molecule has 0 radical (unpaired) electrons. The van der Waals surface area contributed by atoms with Gasteiger partial charge in [0.1, 0.15) is 11.6 Å². The van der Waals surface area contributed by atoms with Gasteiger partial charge in [0.15, 0.2) is 0 Å². The van der Waals surface area contributed by atoms with E-state index in [1.165, 1.54) is 0 Å². The zero-order valence-corrected chi connectivity index (χ0v) is 21.4. The lowest BCUT2D eigenvalue weighted by atomic mass is 10.1. The van der Waals surface area contributed by atoms with Gasteiger partial charge in [0.05, 0.1) is 6.57 Å². The van der Waals surface area contributed by atoms with Gasteiger partial charge in [-0.15, -0.1) is 0 Å². The maximum Gasteiger partial charge on any atom is 0.262 e. The van der Waals surface area contributed by atoms with Crippen LogP contribution in [0.1, 0.15) is 22.3 Å². The number of amides is 2. The van der Waals surface area contributed by atoms with Gasteiger partial charge in [-0.3, -0.25) is 9.59 Å². The van der Waals surface area contributed by atoms with E-state index in [-0.39, 0.29) is 24.4 Å². The largest absolute Gasteiger partial charge is 0.361 e. The number of aromatic amines is 2. The Morgan fingerprint density at radius 3 is 1.93 bits per heavy atom. The molecule has 0 saturated carbocycles. The van der Waals surface area contributed by atoms with Gasteiger partial charge in [-0.05, 0) is 41.0 Å². The molecule has 2 amide bonds. The van der Waals surface area contributed by atoms with Gasteiger partial charge in [0, 0.05) is 52.9 Å². The first-order valence-corrected chi connectivity index (χ1v) is 12.5. The Morgan fingerprint density at radius 2 is 1.35 bits per heavy atom. The number of benzene rings is 3. The second-order valence-corrected chi connectivity index (χ2v) is 9.08. The molecule has 0 atom stereocenters. The zero-order valence-electron chi connectivity index (χ0n) is 21.4. The van der Waals surface area contributed by atoms with Crippen LogP contribution in [0.3, 0.4) is 0 Å². The van der Waals surface area contributed by atoms with Crippen molar-refractivity contribution in [1.82, 2.24) is 20.6 Å². The highest BCUT2D eigenvalue weighted by Gasteiger charge is 2.13. The zero-order chi connectivity index (χ0) is 27.9. The molecule has 5 aromatic rings. The topological polar surface area (TPSA) is 118 Å². The number of nitrogens with zero attached hydrogens (tertiary/aromatic N) is 2. The van der Waals surface area contributed by atoms with Gasteiger partial charge in [-0.25, -0.2) is 4.85 Å². The minimum absolute atomic E-state index is 0.00170. The number of carbonyl (C=O) groups excluding carboxylic acids is 2. The van der Waals surface area contributed by atoms with Gasteiger partial charge >= 0.3 is 0 Å². The van der Waals surface area contributed by atoms with Crippen molar-refractivity contribution in [2.24, 2.45) is 0 Å². The number of carbonyl (C=O) groups is 2. The summed E-state index contributed by atoms with van der Waals surface area (Å²) in [5.41, 5.74) is 4.99. The molecule has 0 saturated heterocycles. The highest BCUT2D eigenvalue weighted by Crippen LogP contribution is 2.22. The highest BCUT2D eigenvalue weighted by atomic mass is 16.2. The second-order valence-electron chi connectivity index (χ2n) is 9.08. The number of aromatic nitrogens is 2. The molecule has 2 heterocycles. The first-order chi connectivity index (χ1) is 19.6. The lowest BCUT2D eigenvalue weighted by Crippen LogP contribution is -2.25. The van der Waals surface area contributed by atoms with Gasteiger partial charge < -0.3 is 20.6 Å². The fraction of sp³-hybridized carbons (Fsp3) is 0.0625. The Balaban J connectivity index is 1.21. The SMILES string of the molecule is [C-]#[N+]/C(=C\c1c[nH]c2ccccc12)C(=O)NCc1cccc(CNC(=O)/C(C#N)=C/c2c[nH]c3ccccc23)c1. The summed E-state index contributed by atoms with van der Waals surface area (Å²) in [5.74, 6) is -0.948. The fourth-order valence-electron chi connectivity index (χ4n) is 4.43. The van der Waals surface area contributed by atoms with E-state index >= 15 is 0 Å². The molecule has 0 spiro atoms. The van der Waals surface area contributed by atoms with E-state index in [0.717, 1.165) is 44.1 Å². The summed E-state index contributed by atoms with van der Waals surface area (Å²) in [4.78, 5) is 35.1. The fourth-order valence-corrected chi connectivity index (χ4v) is 4.43. The van der Waals surface area contributed by atoms with E-state index in [1.807, 2.05) is 78.9 Å². The van der Waals surface area contributed by atoms with Crippen LogP contribution >= 0.6 is 0 Å². The van der Waals surface area contributed by atoms with Gasteiger partial charge in [-0.1, -0.05) is 60.7 Å². The maximum atomic E-state index is 12.7. The molecule has 0 aliphatic heterocycles. The summed E-state index contributed by atoms with van der Waals surface area (Å²) in [6.45, 7) is 7.90. The smallest absolute Gasteiger partial charge is 0.262 e. The molecule has 0 unspecified atom stereocenters. The van der Waals surface area contributed by atoms with Crippen LogP contribution in [0.5, 0.6) is 0 Å². The van der Waals surface area contributed by atoms with Crippen molar-refractivity contribution in [3.8, 4) is 6.07 Å². The predicted octanol–water partition coefficient (Wildman–Crippen LogP) is 5.45. The summed E-state index contributed by atoms with van der Waals surface area (Å²) in [5, 5.41) is 17.0. The maximum absolute atomic E-state index is 12.7. The van der Waals surface area contributed by atoms with E-state index in [2.05, 4.69) is 25.4 Å². The number of hydrogen-bond acceptors (Lipinski definition) is 3. The van der Waals surface area contributed by atoms with Gasteiger partial charge in [-0.2, -0.15) is 5.26 Å². The van der Waals surface area contributed by atoms with Crippen molar-refractivity contribution in [1.29, 1.82) is 5.26 Å². The monoisotopic (exact) mass is 524 g/mol. The first-order valence-electron chi connectivity index (χ1n) is 12.5. The Hall–Kier alpha value is -5.86. The van der Waals surface area contributed by atoms with Crippen LogP contribution in [0.15, 0.2) is 96.5 Å². The average Bonchev–Trinajstić information content (AvgIpc) is 3.60. The number of H-pyrrole nitrogens is 2. The summed E-state index contributed by atoms with van der Waals surface area (Å²) in [6.07, 6.45) is 6.68. The number of nitrogens with one attached hydrogen (secondary N) is 4. The molecule has 4 N–H and O–H groups in total. The van der Waals surface area contributed by atoms with Crippen molar-refractivity contribution < 1.29 is 9.59 Å². The molecule has 8 heteroatoms. The molecular weight excluding hydrogens is 500 g/mol. The van der Waals surface area contributed by atoms with E-state index in [0.29, 0.717) is 0 Å². The Bertz CT molecular complexity index is 1740. The predicted molar refractivity (Wildman–Crippen MR) is 155 cm³/mol. The van der Waals surface area contributed by atoms with E-state index in [1.54, 1.807) is 24.5 Å². The first kappa shape index (κ1) is 25.8. The van der Waals surface area contributed by atoms with Gasteiger partial charge in [0.2, 0.25) is 0 Å². The molecule has 8 nitrogen and oxygen atoms in total. The van der Waals surface area contributed by atoms with Crippen molar-refractivity contribution in [3.63, 3.8) is 0 Å². The second kappa shape index (κ2) is 11.7. The van der Waals surface area contributed by atoms with Crippen molar-refractivity contribution in [2.75, 3.05) is 0 Å². The molecule has 0 bridgehead atoms. The lowest BCUT2D eigenvalue weighted by molar-refractivity contribution is -0.118. The Kier molecular flexibility index (Phi) is 7.53. The lowest BCUT2D eigenvalue weighted by Gasteiger charge is -2.08. The van der Waals surface area contributed by atoms with E-state index in [4.69, 9.17) is 6.57 Å². The third-order valence-electron chi connectivity index (χ3n) is 6.45. The Labute approximate surface area is 230 Å². The Morgan fingerprint density at radius 1 is 0.800 bits per heavy atom. The average molecular weight is 525 g/mol. The summed E-state index contributed by atoms with van der Waals surface area (Å²) in [7, 11) is 0. The third-order valence-corrected chi connectivity index (χ3v) is 6.45. The molecule has 194 valence electrons. The third kappa shape index (κ3) is 5.67. The van der Waals surface area contributed by atoms with Crippen molar-refractivity contribution in [2.45, 2.75) is 13.1 Å². The summed E-state index contributed by atoms with van der Waals surface area (Å²) >= 11 is 0. The van der Waals surface area contributed by atoms with Crippen LogP contribution in [0.25, 0.3) is 38.8 Å². The molecule has 3 aromatic carbocycles. The standard InChI is InChI=1S/C32H24N6O2/c1-34-30(15-25-20-36-29-12-5-3-10-27(25)29)32(40)38-18-22-8-6-7-21(13-22)17-37-31(39)23(16-33)14-24-19-35-28-11-4-2-9-26(24)28/h2-15,19-20,35-36H,17-18H2,(H,37,39)(H,38,40)/b23-14+,30-15-. The number of hydrogen-bond donors (Lipinski definition) is 4. The van der Waals surface area contributed by atoms with E-state index < -0.39 is 11.8 Å². The van der Waals surface area contributed by atoms with Crippen LogP contribution in [0, 0.1) is 17.9 Å². The van der Waals surface area contributed by atoms with Crippen LogP contribution in [0.2, 0.25) is 0 Å². The number of rotatable bonds is 8. The molecule has 40 heavy (non-hydrogen) atoms. The van der Waals surface area contributed by atoms with Crippen LogP contribution < -0.4 is 10.6 Å². The van der Waals surface area contributed by atoms with Crippen LogP contribution in [0.4, 0.5) is 0 Å². The molecule has 0 aliphatic rings.